The highest BCUT2D eigenvalue weighted by Gasteiger charge is 2.35. The fourth-order valence-corrected chi connectivity index (χ4v) is 2.60. The first-order chi connectivity index (χ1) is 9.72. The molecule has 1 aliphatic heterocycles. The molecule has 0 bridgehead atoms. The van der Waals surface area contributed by atoms with Gasteiger partial charge in [-0.2, -0.15) is 0 Å². The highest BCUT2D eigenvalue weighted by Crippen LogP contribution is 2.23. The van der Waals surface area contributed by atoms with E-state index in [-0.39, 0.29) is 5.92 Å². The summed E-state index contributed by atoms with van der Waals surface area (Å²) in [6, 6.07) is 9.42. The van der Waals surface area contributed by atoms with Gasteiger partial charge in [0.2, 0.25) is 0 Å². The molecular formula is C16H23NO3. The molecule has 2 rings (SSSR count). The molecule has 4 heteroatoms. The van der Waals surface area contributed by atoms with E-state index in [1.807, 2.05) is 30.3 Å². The standard InChI is InChI=1S/C16H23NO3/c1-2-6-13-9-10-20-16(19)14(15(13)18)17-11-12-7-4-3-5-8-12/h2-5,7-8,13-19H,1,6,9-11H2/t13-,14?,15?,16+/m1/s1. The third-order valence-electron chi connectivity index (χ3n) is 3.79. The molecule has 0 aromatic heterocycles. The van der Waals surface area contributed by atoms with Gasteiger partial charge in [-0.1, -0.05) is 36.4 Å². The number of ether oxygens (including phenoxy) is 1. The number of hydrogen-bond acceptors (Lipinski definition) is 4. The SMILES string of the molecule is C=CC[C@@H]1CCO[C@H](O)C(NCc2ccccc2)C1O. The van der Waals surface area contributed by atoms with E-state index in [1.54, 1.807) is 6.08 Å². The zero-order chi connectivity index (χ0) is 14.4. The van der Waals surface area contributed by atoms with Crippen LogP contribution in [0.1, 0.15) is 18.4 Å². The van der Waals surface area contributed by atoms with Gasteiger partial charge in [-0.05, 0) is 24.3 Å². The van der Waals surface area contributed by atoms with Crippen molar-refractivity contribution in [3.63, 3.8) is 0 Å². The highest BCUT2D eigenvalue weighted by atomic mass is 16.6. The van der Waals surface area contributed by atoms with E-state index in [2.05, 4.69) is 11.9 Å². The number of aliphatic hydroxyl groups excluding tert-OH is 2. The summed E-state index contributed by atoms with van der Waals surface area (Å²) in [6.07, 6.45) is 1.63. The van der Waals surface area contributed by atoms with Gasteiger partial charge in [0.25, 0.3) is 0 Å². The van der Waals surface area contributed by atoms with Crippen molar-refractivity contribution in [1.29, 1.82) is 0 Å². The maximum absolute atomic E-state index is 10.4. The number of hydrogen-bond donors (Lipinski definition) is 3. The monoisotopic (exact) mass is 277 g/mol. The molecule has 1 aromatic carbocycles. The molecule has 20 heavy (non-hydrogen) atoms. The smallest absolute Gasteiger partial charge is 0.172 e. The molecule has 110 valence electrons. The van der Waals surface area contributed by atoms with Crippen LogP contribution in [0.25, 0.3) is 0 Å². The summed E-state index contributed by atoms with van der Waals surface area (Å²) in [4.78, 5) is 0. The van der Waals surface area contributed by atoms with E-state index in [0.717, 1.165) is 18.4 Å². The Balaban J connectivity index is 2.00. The molecule has 0 aliphatic carbocycles. The Morgan fingerprint density at radius 3 is 2.75 bits per heavy atom. The molecule has 3 N–H and O–H groups in total. The predicted molar refractivity (Wildman–Crippen MR) is 78.0 cm³/mol. The first-order valence-corrected chi connectivity index (χ1v) is 7.08. The van der Waals surface area contributed by atoms with Crippen molar-refractivity contribution in [3.05, 3.63) is 48.6 Å². The largest absolute Gasteiger partial charge is 0.391 e. The van der Waals surface area contributed by atoms with Gasteiger partial charge in [-0.25, -0.2) is 0 Å². The quantitative estimate of drug-likeness (QED) is 0.713. The Hall–Kier alpha value is -1.20. The van der Waals surface area contributed by atoms with Gasteiger partial charge in [-0.3, -0.25) is 0 Å². The second-order valence-corrected chi connectivity index (χ2v) is 5.22. The van der Waals surface area contributed by atoms with Crippen molar-refractivity contribution in [2.45, 2.75) is 37.8 Å². The second-order valence-electron chi connectivity index (χ2n) is 5.22. The van der Waals surface area contributed by atoms with Crippen LogP contribution in [-0.4, -0.2) is 35.3 Å². The number of aliphatic hydroxyl groups is 2. The van der Waals surface area contributed by atoms with Crippen molar-refractivity contribution in [2.75, 3.05) is 6.61 Å². The van der Waals surface area contributed by atoms with Gasteiger partial charge in [0.1, 0.15) is 0 Å². The average molecular weight is 277 g/mol. The van der Waals surface area contributed by atoms with Gasteiger partial charge < -0.3 is 20.3 Å². The minimum Gasteiger partial charge on any atom is -0.391 e. The van der Waals surface area contributed by atoms with Gasteiger partial charge in [-0.15, -0.1) is 6.58 Å². The number of benzene rings is 1. The lowest BCUT2D eigenvalue weighted by atomic mass is 9.91. The van der Waals surface area contributed by atoms with Crippen LogP contribution < -0.4 is 5.32 Å². The maximum Gasteiger partial charge on any atom is 0.172 e. The first-order valence-electron chi connectivity index (χ1n) is 7.08. The van der Waals surface area contributed by atoms with Crippen molar-refractivity contribution in [1.82, 2.24) is 5.32 Å². The van der Waals surface area contributed by atoms with Crippen LogP contribution in [0.15, 0.2) is 43.0 Å². The summed E-state index contributed by atoms with van der Waals surface area (Å²) in [6.45, 7) is 4.77. The fraction of sp³-hybridized carbons (Fsp3) is 0.500. The summed E-state index contributed by atoms with van der Waals surface area (Å²) in [5, 5.41) is 23.7. The maximum atomic E-state index is 10.4. The van der Waals surface area contributed by atoms with Crippen LogP contribution >= 0.6 is 0 Å². The normalized spacial score (nSPS) is 30.7. The molecule has 0 radical (unpaired) electrons. The summed E-state index contributed by atoms with van der Waals surface area (Å²) in [7, 11) is 0. The van der Waals surface area contributed by atoms with Crippen LogP contribution in [0.3, 0.4) is 0 Å². The van der Waals surface area contributed by atoms with Crippen LogP contribution in [-0.2, 0) is 11.3 Å². The lowest BCUT2D eigenvalue weighted by molar-refractivity contribution is -0.127. The van der Waals surface area contributed by atoms with Gasteiger partial charge in [0.05, 0.1) is 18.8 Å². The molecular weight excluding hydrogens is 254 g/mol. The Morgan fingerprint density at radius 2 is 2.05 bits per heavy atom. The van der Waals surface area contributed by atoms with Crippen LogP contribution in [0, 0.1) is 5.92 Å². The highest BCUT2D eigenvalue weighted by molar-refractivity contribution is 5.14. The third-order valence-corrected chi connectivity index (χ3v) is 3.79. The summed E-state index contributed by atoms with van der Waals surface area (Å²) in [5.74, 6) is 0.0675. The molecule has 1 fully saturated rings. The molecule has 1 saturated heterocycles. The molecule has 0 amide bonds. The summed E-state index contributed by atoms with van der Waals surface area (Å²) in [5.41, 5.74) is 1.11. The lowest BCUT2D eigenvalue weighted by Crippen LogP contribution is -2.50. The molecule has 2 unspecified atom stereocenters. The Labute approximate surface area is 120 Å². The Bertz CT molecular complexity index is 409. The van der Waals surface area contributed by atoms with E-state index >= 15 is 0 Å². The molecule has 4 atom stereocenters. The van der Waals surface area contributed by atoms with Crippen molar-refractivity contribution >= 4 is 0 Å². The second kappa shape index (κ2) is 7.55. The van der Waals surface area contributed by atoms with Crippen molar-refractivity contribution in [3.8, 4) is 0 Å². The topological polar surface area (TPSA) is 61.7 Å². The van der Waals surface area contributed by atoms with Crippen LogP contribution in [0.4, 0.5) is 0 Å². The Kier molecular flexibility index (Phi) is 5.73. The lowest BCUT2D eigenvalue weighted by Gasteiger charge is -2.29. The summed E-state index contributed by atoms with van der Waals surface area (Å²) < 4.78 is 5.35. The third kappa shape index (κ3) is 3.90. The minimum atomic E-state index is -0.983. The average Bonchev–Trinajstić information content (AvgIpc) is 2.59. The predicted octanol–water partition coefficient (Wildman–Crippen LogP) is 1.44. The molecule has 0 saturated carbocycles. The van der Waals surface area contributed by atoms with E-state index in [0.29, 0.717) is 13.2 Å². The van der Waals surface area contributed by atoms with E-state index in [1.165, 1.54) is 0 Å². The molecule has 4 nitrogen and oxygen atoms in total. The van der Waals surface area contributed by atoms with Crippen molar-refractivity contribution in [2.24, 2.45) is 5.92 Å². The number of nitrogens with one attached hydrogen (secondary N) is 1. The minimum absolute atomic E-state index is 0.0675. The van der Waals surface area contributed by atoms with Gasteiger partial charge in [0, 0.05) is 6.54 Å². The fourth-order valence-electron chi connectivity index (χ4n) is 2.60. The van der Waals surface area contributed by atoms with Gasteiger partial charge in [0.15, 0.2) is 6.29 Å². The number of allylic oxidation sites excluding steroid dienone is 1. The summed E-state index contributed by atoms with van der Waals surface area (Å²) >= 11 is 0. The van der Waals surface area contributed by atoms with Crippen LogP contribution in [0.5, 0.6) is 0 Å². The molecule has 1 aliphatic rings. The van der Waals surface area contributed by atoms with E-state index < -0.39 is 18.4 Å². The van der Waals surface area contributed by atoms with E-state index in [4.69, 9.17) is 4.74 Å². The number of rotatable bonds is 5. The molecule has 1 aromatic rings. The molecule has 1 heterocycles. The van der Waals surface area contributed by atoms with Gasteiger partial charge >= 0.3 is 0 Å². The molecule has 0 spiro atoms. The first kappa shape index (κ1) is 15.2. The Morgan fingerprint density at radius 1 is 1.30 bits per heavy atom. The van der Waals surface area contributed by atoms with Crippen LogP contribution in [0.2, 0.25) is 0 Å². The zero-order valence-electron chi connectivity index (χ0n) is 11.6. The van der Waals surface area contributed by atoms with E-state index in [9.17, 15) is 10.2 Å². The van der Waals surface area contributed by atoms with Crippen molar-refractivity contribution < 1.29 is 14.9 Å². The zero-order valence-corrected chi connectivity index (χ0v) is 11.6.